The van der Waals surface area contributed by atoms with Crippen LogP contribution in [0, 0.1) is 18.8 Å². The molecule has 1 aromatic heterocycles. The minimum absolute atomic E-state index is 0.0836. The van der Waals surface area contributed by atoms with Gasteiger partial charge in [-0.3, -0.25) is 9.79 Å². The van der Waals surface area contributed by atoms with Gasteiger partial charge in [0.25, 0.3) is 5.91 Å². The molecule has 1 amide bonds. The zero-order valence-corrected chi connectivity index (χ0v) is 18.1. The van der Waals surface area contributed by atoms with Gasteiger partial charge >= 0.3 is 0 Å². The van der Waals surface area contributed by atoms with Gasteiger partial charge in [0.1, 0.15) is 22.2 Å². The Balaban J connectivity index is 2.11. The van der Waals surface area contributed by atoms with E-state index in [1.54, 1.807) is 13.0 Å². The van der Waals surface area contributed by atoms with Gasteiger partial charge in [-0.2, -0.15) is 0 Å². The van der Waals surface area contributed by atoms with Crippen LogP contribution in [-0.4, -0.2) is 54.4 Å². The van der Waals surface area contributed by atoms with E-state index in [9.17, 15) is 4.79 Å². The summed E-state index contributed by atoms with van der Waals surface area (Å²) in [5.74, 6) is 1.50. The third kappa shape index (κ3) is 6.07. The number of likely N-dealkylation sites (tertiary alicyclic amines) is 1. The number of nitrogens with one attached hydrogen (secondary N) is 1. The minimum Gasteiger partial charge on any atom is -0.396 e. The van der Waals surface area contributed by atoms with E-state index in [2.05, 4.69) is 29.3 Å². The molecule has 3 N–H and O–H groups in total. The van der Waals surface area contributed by atoms with E-state index in [1.165, 1.54) is 7.05 Å². The molecular weight excluding hydrogens is 378 g/mol. The number of amides is 1. The molecule has 0 aliphatic carbocycles. The number of nitrogens with zero attached hydrogens (tertiary/aromatic N) is 3. The highest BCUT2D eigenvalue weighted by Crippen LogP contribution is 2.23. The Labute approximate surface area is 172 Å². The first kappa shape index (κ1) is 22.4. The van der Waals surface area contributed by atoms with Crippen molar-refractivity contribution in [2.45, 2.75) is 40.0 Å². The smallest absolute Gasteiger partial charge is 0.259 e. The van der Waals surface area contributed by atoms with E-state index in [1.807, 2.05) is 4.90 Å². The molecule has 0 radical (unpaired) electrons. The number of piperidine rings is 1. The van der Waals surface area contributed by atoms with E-state index in [0.717, 1.165) is 32.4 Å². The number of aromatic nitrogens is 1. The lowest BCUT2D eigenvalue weighted by Crippen LogP contribution is -2.44. The summed E-state index contributed by atoms with van der Waals surface area (Å²) in [6.07, 6.45) is 3.21. The average Bonchev–Trinajstić information content (AvgIpc) is 3.11. The maximum atomic E-state index is 13.2. The molecular formula is C20H32ClN5O2. The highest BCUT2D eigenvalue weighted by molar-refractivity contribution is 6.73. The molecule has 1 unspecified atom stereocenters. The van der Waals surface area contributed by atoms with Crippen LogP contribution in [0.1, 0.15) is 44.6 Å². The van der Waals surface area contributed by atoms with E-state index >= 15 is 0 Å². The molecule has 0 saturated carbocycles. The summed E-state index contributed by atoms with van der Waals surface area (Å²) in [6.45, 7) is 9.47. The minimum atomic E-state index is -0.208. The van der Waals surface area contributed by atoms with Crippen molar-refractivity contribution in [1.82, 2.24) is 15.4 Å². The van der Waals surface area contributed by atoms with Gasteiger partial charge in [0.2, 0.25) is 0 Å². The Morgan fingerprint density at radius 1 is 1.54 bits per heavy atom. The molecule has 2 heterocycles. The fourth-order valence-corrected chi connectivity index (χ4v) is 3.50. The largest absolute Gasteiger partial charge is 0.396 e. The fraction of sp³-hybridized carbons (Fsp3) is 0.650. The van der Waals surface area contributed by atoms with Crippen LogP contribution in [0.4, 0.5) is 0 Å². The summed E-state index contributed by atoms with van der Waals surface area (Å²) < 4.78 is 5.08. The average molecular weight is 410 g/mol. The van der Waals surface area contributed by atoms with Crippen molar-refractivity contribution in [2.75, 3.05) is 33.2 Å². The number of aryl methyl sites for hydroxylation is 1. The molecule has 1 aliphatic heterocycles. The van der Waals surface area contributed by atoms with Crippen LogP contribution in [0.15, 0.2) is 21.2 Å². The molecule has 7 nitrogen and oxygen atoms in total. The number of carbonyl (C=O) groups excluding carboxylic acids is 1. The van der Waals surface area contributed by atoms with Crippen molar-refractivity contribution in [3.63, 3.8) is 0 Å². The Kier molecular flexibility index (Phi) is 8.51. The molecule has 156 valence electrons. The number of nitrogens with two attached hydrogens (primary N) is 1. The van der Waals surface area contributed by atoms with Gasteiger partial charge in [0.15, 0.2) is 0 Å². The van der Waals surface area contributed by atoms with Crippen LogP contribution in [0.2, 0.25) is 0 Å². The van der Waals surface area contributed by atoms with Gasteiger partial charge < -0.3 is 20.5 Å². The lowest BCUT2D eigenvalue weighted by Gasteiger charge is -2.33. The van der Waals surface area contributed by atoms with E-state index in [-0.39, 0.29) is 22.3 Å². The highest BCUT2D eigenvalue weighted by Gasteiger charge is 2.29. The van der Waals surface area contributed by atoms with Crippen LogP contribution in [0.25, 0.3) is 5.70 Å². The zero-order chi connectivity index (χ0) is 20.7. The summed E-state index contributed by atoms with van der Waals surface area (Å²) in [5, 5.41) is 7.50. The first-order valence-electron chi connectivity index (χ1n) is 9.89. The van der Waals surface area contributed by atoms with Crippen LogP contribution >= 0.6 is 11.6 Å². The number of rotatable bonds is 8. The third-order valence-electron chi connectivity index (χ3n) is 4.93. The van der Waals surface area contributed by atoms with Crippen LogP contribution < -0.4 is 11.1 Å². The predicted octanol–water partition coefficient (Wildman–Crippen LogP) is 2.79. The number of carbonyl (C=O) groups is 1. The second-order valence-corrected chi connectivity index (χ2v) is 8.13. The van der Waals surface area contributed by atoms with Crippen molar-refractivity contribution in [1.29, 1.82) is 0 Å². The lowest BCUT2D eigenvalue weighted by atomic mass is 9.96. The molecule has 0 spiro atoms. The van der Waals surface area contributed by atoms with Crippen LogP contribution in [-0.2, 0) is 4.79 Å². The summed E-state index contributed by atoms with van der Waals surface area (Å²) >= 11 is 6.26. The van der Waals surface area contributed by atoms with E-state index in [0.29, 0.717) is 36.4 Å². The molecule has 28 heavy (non-hydrogen) atoms. The molecule has 1 aliphatic rings. The Hall–Kier alpha value is -1.86. The fourth-order valence-electron chi connectivity index (χ4n) is 3.32. The number of aliphatic imine (C=N–C) groups is 1. The van der Waals surface area contributed by atoms with Crippen molar-refractivity contribution in [3.05, 3.63) is 23.1 Å². The molecule has 1 aromatic rings. The first-order chi connectivity index (χ1) is 13.3. The Morgan fingerprint density at radius 2 is 2.29 bits per heavy atom. The molecule has 1 fully saturated rings. The van der Waals surface area contributed by atoms with Crippen molar-refractivity contribution in [3.8, 4) is 0 Å². The SMILES string of the molecule is CN=C(Cl)/C(C(=O)N1CCCC(CNCCC(C)C)C1)=C(\N)c1cc(C)on1. The van der Waals surface area contributed by atoms with Gasteiger partial charge in [0.05, 0.1) is 5.70 Å². The monoisotopic (exact) mass is 409 g/mol. The third-order valence-corrected chi connectivity index (χ3v) is 5.29. The van der Waals surface area contributed by atoms with Gasteiger partial charge in [-0.1, -0.05) is 30.6 Å². The second-order valence-electron chi connectivity index (χ2n) is 7.77. The second kappa shape index (κ2) is 10.6. The van der Waals surface area contributed by atoms with Crippen molar-refractivity contribution in [2.24, 2.45) is 22.6 Å². The Bertz CT molecular complexity index is 726. The molecule has 0 aromatic carbocycles. The zero-order valence-electron chi connectivity index (χ0n) is 17.3. The molecule has 2 rings (SSSR count). The highest BCUT2D eigenvalue weighted by atomic mass is 35.5. The normalized spacial score (nSPS) is 19.1. The van der Waals surface area contributed by atoms with Crippen LogP contribution in [0.3, 0.4) is 0 Å². The Morgan fingerprint density at radius 3 is 2.89 bits per heavy atom. The number of hydrogen-bond acceptors (Lipinski definition) is 6. The first-order valence-corrected chi connectivity index (χ1v) is 10.3. The van der Waals surface area contributed by atoms with Gasteiger partial charge in [0, 0.05) is 26.2 Å². The van der Waals surface area contributed by atoms with Crippen molar-refractivity contribution >= 4 is 28.4 Å². The standard InChI is InChI=1S/C20H32ClN5O2/c1-13(2)7-8-24-11-15-6-5-9-26(12-15)20(27)17(19(21)23-4)18(22)16-10-14(3)28-25-16/h10,13,15,24H,5-9,11-12,22H2,1-4H3/b18-17+,23-19?. The summed E-state index contributed by atoms with van der Waals surface area (Å²) in [7, 11) is 1.54. The summed E-state index contributed by atoms with van der Waals surface area (Å²) in [6, 6.07) is 1.68. The van der Waals surface area contributed by atoms with Gasteiger partial charge in [-0.25, -0.2) is 0 Å². The lowest BCUT2D eigenvalue weighted by molar-refractivity contribution is -0.128. The molecule has 8 heteroatoms. The molecule has 0 bridgehead atoms. The van der Waals surface area contributed by atoms with Gasteiger partial charge in [-0.05, 0) is 51.1 Å². The van der Waals surface area contributed by atoms with Gasteiger partial charge in [-0.15, -0.1) is 0 Å². The summed E-state index contributed by atoms with van der Waals surface area (Å²) in [5.41, 5.74) is 7.00. The van der Waals surface area contributed by atoms with Crippen LogP contribution in [0.5, 0.6) is 0 Å². The van der Waals surface area contributed by atoms with E-state index < -0.39 is 0 Å². The molecule has 1 atom stereocenters. The molecule has 1 saturated heterocycles. The maximum Gasteiger partial charge on any atom is 0.259 e. The number of hydrogen-bond donors (Lipinski definition) is 2. The van der Waals surface area contributed by atoms with Crippen molar-refractivity contribution < 1.29 is 9.32 Å². The quantitative estimate of drug-likeness (QED) is 0.391. The topological polar surface area (TPSA) is 96.8 Å². The number of halogens is 1. The summed E-state index contributed by atoms with van der Waals surface area (Å²) in [4.78, 5) is 19.0. The van der Waals surface area contributed by atoms with E-state index in [4.69, 9.17) is 21.9 Å². The maximum absolute atomic E-state index is 13.2. The predicted molar refractivity (Wildman–Crippen MR) is 113 cm³/mol.